The lowest BCUT2D eigenvalue weighted by Gasteiger charge is -2.13. The molecule has 0 fully saturated rings. The Balaban J connectivity index is 2.45. The average Bonchev–Trinajstić information content (AvgIpc) is 2.31. The van der Waals surface area contributed by atoms with Crippen molar-refractivity contribution in [3.8, 4) is 0 Å². The topological polar surface area (TPSA) is 72.2 Å². The number of nitrogen functional groups attached to an aromatic ring is 1. The second-order valence-electron chi connectivity index (χ2n) is 5.10. The number of hydrogen-bond donors (Lipinski definition) is 2. The molecule has 0 aromatic heterocycles. The van der Waals surface area contributed by atoms with Gasteiger partial charge < -0.3 is 5.73 Å². The highest BCUT2D eigenvalue weighted by Gasteiger charge is 2.19. The fourth-order valence-corrected chi connectivity index (χ4v) is 3.90. The number of hydrogen-bond acceptors (Lipinski definition) is 3. The number of anilines is 2. The van der Waals surface area contributed by atoms with Gasteiger partial charge in [-0.2, -0.15) is 0 Å². The summed E-state index contributed by atoms with van der Waals surface area (Å²) in [6.45, 7) is 5.65. The number of nitrogens with one attached hydrogen (secondary N) is 1. The van der Waals surface area contributed by atoms with E-state index in [1.165, 1.54) is 0 Å². The lowest BCUT2D eigenvalue weighted by atomic mass is 10.1. The van der Waals surface area contributed by atoms with E-state index < -0.39 is 10.0 Å². The fraction of sp³-hybridized carbons (Fsp3) is 0.200. The summed E-state index contributed by atoms with van der Waals surface area (Å²) < 4.78 is 28.4. The van der Waals surface area contributed by atoms with Crippen molar-refractivity contribution in [1.82, 2.24) is 0 Å². The van der Waals surface area contributed by atoms with E-state index in [4.69, 9.17) is 5.73 Å². The minimum atomic E-state index is -3.71. The quantitative estimate of drug-likeness (QED) is 0.810. The first kappa shape index (κ1) is 15.9. The zero-order chi connectivity index (χ0) is 15.8. The molecule has 0 aliphatic rings. The maximum atomic E-state index is 12.5. The Kier molecular flexibility index (Phi) is 4.30. The Morgan fingerprint density at radius 1 is 1.00 bits per heavy atom. The molecule has 0 heterocycles. The SMILES string of the molecule is Cc1cc(Br)cc(NS(=O)(=O)c2cc(C)c(C)cc2N)c1. The van der Waals surface area contributed by atoms with E-state index in [0.717, 1.165) is 21.2 Å². The number of sulfonamides is 1. The molecule has 0 aliphatic carbocycles. The van der Waals surface area contributed by atoms with Crippen molar-refractivity contribution in [2.75, 3.05) is 10.5 Å². The van der Waals surface area contributed by atoms with Crippen LogP contribution in [0.15, 0.2) is 39.7 Å². The van der Waals surface area contributed by atoms with Gasteiger partial charge in [-0.3, -0.25) is 4.72 Å². The maximum absolute atomic E-state index is 12.5. The summed E-state index contributed by atoms with van der Waals surface area (Å²) in [7, 11) is -3.71. The van der Waals surface area contributed by atoms with Crippen molar-refractivity contribution in [2.45, 2.75) is 25.7 Å². The molecule has 0 unspecified atom stereocenters. The second-order valence-corrected chi connectivity index (χ2v) is 7.66. The highest BCUT2D eigenvalue weighted by molar-refractivity contribution is 9.10. The average molecular weight is 369 g/mol. The fourth-order valence-electron chi connectivity index (χ4n) is 2.05. The van der Waals surface area contributed by atoms with Crippen LogP contribution < -0.4 is 10.5 Å². The highest BCUT2D eigenvalue weighted by Crippen LogP contribution is 2.26. The molecule has 3 N–H and O–H groups in total. The van der Waals surface area contributed by atoms with Gasteiger partial charge in [0.2, 0.25) is 0 Å². The maximum Gasteiger partial charge on any atom is 0.263 e. The van der Waals surface area contributed by atoms with Gasteiger partial charge in [0.1, 0.15) is 4.90 Å². The third kappa shape index (κ3) is 3.57. The van der Waals surface area contributed by atoms with E-state index >= 15 is 0 Å². The van der Waals surface area contributed by atoms with Crippen molar-refractivity contribution in [3.05, 3.63) is 51.5 Å². The van der Waals surface area contributed by atoms with E-state index in [2.05, 4.69) is 20.7 Å². The van der Waals surface area contributed by atoms with E-state index in [0.29, 0.717) is 5.69 Å². The standard InChI is InChI=1S/C15H17BrN2O2S/c1-9-4-12(16)8-13(5-9)18-21(19,20)15-7-11(3)10(2)6-14(15)17/h4-8,18H,17H2,1-3H3. The van der Waals surface area contributed by atoms with Crippen molar-refractivity contribution in [3.63, 3.8) is 0 Å². The summed E-state index contributed by atoms with van der Waals surface area (Å²) in [4.78, 5) is 0.100. The van der Waals surface area contributed by atoms with Crippen LogP contribution in [-0.4, -0.2) is 8.42 Å². The van der Waals surface area contributed by atoms with Crippen LogP contribution in [0, 0.1) is 20.8 Å². The first-order valence-electron chi connectivity index (χ1n) is 6.36. The van der Waals surface area contributed by atoms with Gasteiger partial charge in [-0.1, -0.05) is 15.9 Å². The summed E-state index contributed by atoms with van der Waals surface area (Å²) >= 11 is 3.35. The van der Waals surface area contributed by atoms with Crippen LogP contribution in [0.5, 0.6) is 0 Å². The molecule has 0 aliphatic heterocycles. The third-order valence-corrected chi connectivity index (χ3v) is 5.10. The van der Waals surface area contributed by atoms with Crippen LogP contribution >= 0.6 is 15.9 Å². The Labute approximate surface area is 133 Å². The lowest BCUT2D eigenvalue weighted by molar-refractivity contribution is 0.601. The van der Waals surface area contributed by atoms with Gasteiger partial charge in [0.15, 0.2) is 0 Å². The molecule has 0 radical (unpaired) electrons. The van der Waals surface area contributed by atoms with Crippen LogP contribution in [-0.2, 0) is 10.0 Å². The number of nitrogens with two attached hydrogens (primary N) is 1. The van der Waals surface area contributed by atoms with Gasteiger partial charge in [0, 0.05) is 4.47 Å². The molecular formula is C15H17BrN2O2S. The van der Waals surface area contributed by atoms with Crippen LogP contribution in [0.1, 0.15) is 16.7 Å². The van der Waals surface area contributed by atoms with Crippen LogP contribution in [0.25, 0.3) is 0 Å². The molecule has 0 saturated heterocycles. The van der Waals surface area contributed by atoms with Gasteiger partial charge in [-0.15, -0.1) is 0 Å². The van der Waals surface area contributed by atoms with E-state index in [1.54, 1.807) is 24.3 Å². The molecular weight excluding hydrogens is 352 g/mol. The monoisotopic (exact) mass is 368 g/mol. The van der Waals surface area contributed by atoms with E-state index in [-0.39, 0.29) is 10.6 Å². The van der Waals surface area contributed by atoms with Crippen LogP contribution in [0.3, 0.4) is 0 Å². The largest absolute Gasteiger partial charge is 0.398 e. The van der Waals surface area contributed by atoms with Gasteiger partial charge in [-0.25, -0.2) is 8.42 Å². The smallest absolute Gasteiger partial charge is 0.263 e. The zero-order valence-corrected chi connectivity index (χ0v) is 14.5. The Bertz CT molecular complexity index is 781. The van der Waals surface area contributed by atoms with Gasteiger partial charge in [-0.05, 0) is 67.8 Å². The highest BCUT2D eigenvalue weighted by atomic mass is 79.9. The Hall–Kier alpha value is -1.53. The van der Waals surface area contributed by atoms with Crippen molar-refractivity contribution in [1.29, 1.82) is 0 Å². The zero-order valence-electron chi connectivity index (χ0n) is 12.1. The minimum absolute atomic E-state index is 0.100. The molecule has 2 rings (SSSR count). The molecule has 21 heavy (non-hydrogen) atoms. The van der Waals surface area contributed by atoms with Gasteiger partial charge in [0.25, 0.3) is 10.0 Å². The first-order chi connectivity index (χ1) is 9.69. The summed E-state index contributed by atoms with van der Waals surface area (Å²) in [5.74, 6) is 0. The molecule has 0 atom stereocenters. The summed E-state index contributed by atoms with van der Waals surface area (Å²) in [5.41, 5.74) is 9.41. The van der Waals surface area contributed by atoms with Crippen LogP contribution in [0.4, 0.5) is 11.4 Å². The summed E-state index contributed by atoms with van der Waals surface area (Å²) in [5, 5.41) is 0. The first-order valence-corrected chi connectivity index (χ1v) is 8.63. The van der Waals surface area contributed by atoms with Gasteiger partial charge in [0.05, 0.1) is 11.4 Å². The minimum Gasteiger partial charge on any atom is -0.398 e. The van der Waals surface area contributed by atoms with Crippen molar-refractivity contribution in [2.24, 2.45) is 0 Å². The number of aryl methyl sites for hydroxylation is 3. The number of benzene rings is 2. The molecule has 112 valence electrons. The second kappa shape index (κ2) is 5.69. The normalized spacial score (nSPS) is 11.4. The molecule has 0 spiro atoms. The molecule has 2 aromatic rings. The third-order valence-electron chi connectivity index (χ3n) is 3.21. The van der Waals surface area contributed by atoms with E-state index in [1.807, 2.05) is 26.8 Å². The Morgan fingerprint density at radius 3 is 2.24 bits per heavy atom. The molecule has 4 nitrogen and oxygen atoms in total. The predicted octanol–water partition coefficient (Wildman–Crippen LogP) is 3.76. The van der Waals surface area contributed by atoms with Crippen molar-refractivity contribution < 1.29 is 8.42 Å². The van der Waals surface area contributed by atoms with Crippen LogP contribution in [0.2, 0.25) is 0 Å². The molecule has 0 amide bonds. The summed E-state index contributed by atoms with van der Waals surface area (Å²) in [6.07, 6.45) is 0. The number of rotatable bonds is 3. The van der Waals surface area contributed by atoms with Gasteiger partial charge >= 0.3 is 0 Å². The van der Waals surface area contributed by atoms with E-state index in [9.17, 15) is 8.42 Å². The number of halogens is 1. The molecule has 2 aromatic carbocycles. The predicted molar refractivity (Wildman–Crippen MR) is 90.0 cm³/mol. The molecule has 0 saturated carbocycles. The Morgan fingerprint density at radius 2 is 1.62 bits per heavy atom. The lowest BCUT2D eigenvalue weighted by Crippen LogP contribution is -2.15. The molecule has 0 bridgehead atoms. The van der Waals surface area contributed by atoms with Crippen molar-refractivity contribution >= 4 is 37.3 Å². The summed E-state index contributed by atoms with van der Waals surface area (Å²) in [6, 6.07) is 8.65. The molecule has 6 heteroatoms.